The number of nitrogens with one attached hydrogen (secondary N) is 2. The zero-order valence-corrected chi connectivity index (χ0v) is 48.0. The van der Waals surface area contributed by atoms with Crippen LogP contribution in [0.2, 0.25) is 38.2 Å². The number of piperidine rings is 2. The van der Waals surface area contributed by atoms with Gasteiger partial charge < -0.3 is 39.1 Å². The number of benzene rings is 4. The van der Waals surface area contributed by atoms with Crippen LogP contribution in [0.1, 0.15) is 108 Å². The van der Waals surface area contributed by atoms with Gasteiger partial charge in [-0.1, -0.05) is 92.1 Å². The summed E-state index contributed by atoms with van der Waals surface area (Å²) in [6, 6.07) is 21.4. The van der Waals surface area contributed by atoms with Gasteiger partial charge in [0.2, 0.25) is 11.8 Å². The second-order valence-electron chi connectivity index (χ2n) is 20.3. The number of nitrogens with zero attached hydrogens (tertiary/aromatic N) is 2. The molecule has 2 aliphatic heterocycles. The number of anilines is 2. The van der Waals surface area contributed by atoms with E-state index in [-0.39, 0.29) is 23.5 Å². The summed E-state index contributed by atoms with van der Waals surface area (Å²) in [4.78, 5) is 31.6. The summed E-state index contributed by atoms with van der Waals surface area (Å²) in [7, 11) is 1.35. The van der Waals surface area contributed by atoms with Crippen LogP contribution in [0.15, 0.2) is 72.8 Å². The normalized spacial score (nSPS) is 15.3. The van der Waals surface area contributed by atoms with E-state index in [2.05, 4.69) is 54.3 Å². The molecule has 2 atom stereocenters. The molecule has 4 aromatic carbocycles. The number of likely N-dealkylation sites (tertiary alicyclic amines) is 2. The number of ether oxygens (including phenoxy) is 4. The van der Waals surface area contributed by atoms with Crippen molar-refractivity contribution in [2.75, 3.05) is 90.5 Å². The van der Waals surface area contributed by atoms with E-state index < -0.39 is 20.2 Å². The van der Waals surface area contributed by atoms with Crippen LogP contribution in [0, 0.1) is 0 Å². The number of carbonyl (C=O) groups excluding carboxylic acids is 2. The molecule has 0 spiro atoms. The van der Waals surface area contributed by atoms with Crippen molar-refractivity contribution in [3.63, 3.8) is 0 Å². The van der Waals surface area contributed by atoms with Gasteiger partial charge in [-0.15, -0.1) is 0 Å². The van der Waals surface area contributed by atoms with E-state index >= 15 is 0 Å². The van der Waals surface area contributed by atoms with Crippen LogP contribution in [0.4, 0.5) is 11.4 Å². The maximum absolute atomic E-state index is 13.6. The minimum absolute atomic E-state index is 0.00262. The van der Waals surface area contributed by atoms with Gasteiger partial charge in [0.05, 0.1) is 46.1 Å². The first-order chi connectivity index (χ1) is 34.9. The van der Waals surface area contributed by atoms with E-state index in [0.29, 0.717) is 93.5 Å². The fourth-order valence-electron chi connectivity index (χ4n) is 8.61. The molecule has 73 heavy (non-hydrogen) atoms. The minimum atomic E-state index is -1.87. The number of carbonyl (C=O) groups is 2. The fraction of sp³-hybridized carbons (Fsp3) is 0.536. The van der Waals surface area contributed by atoms with Crippen molar-refractivity contribution in [2.24, 2.45) is 0 Å². The highest BCUT2D eigenvalue weighted by atomic mass is 35.5. The topological polar surface area (TPSA) is 131 Å². The van der Waals surface area contributed by atoms with E-state index in [9.17, 15) is 14.7 Å². The molecule has 402 valence electrons. The number of hydrogen-bond acceptors (Lipinski definition) is 10. The molecule has 2 amide bonds. The number of halogens is 4. The molecule has 0 radical (unpaired) electrons. The summed E-state index contributed by atoms with van der Waals surface area (Å²) in [6.45, 7) is 19.1. The summed E-state index contributed by atoms with van der Waals surface area (Å²) in [5.41, 5.74) is 2.84. The Balaban J connectivity index is 0.000000276. The zero-order chi connectivity index (χ0) is 53.0. The number of rotatable bonds is 24. The number of amides is 2. The van der Waals surface area contributed by atoms with Gasteiger partial charge in [0, 0.05) is 49.8 Å². The summed E-state index contributed by atoms with van der Waals surface area (Å²) in [5.74, 6) is 1.27. The first kappa shape index (κ1) is 60.1. The van der Waals surface area contributed by atoms with Crippen molar-refractivity contribution in [3.05, 3.63) is 104 Å². The standard InChI is InChI=1S/C31H46Cl2N2O4Si.C25H32Cl2N2O4/c1-31(2,3)40(5,6)39-19-10-11-25(23-12-14-26(32)27(33)21-23)30(36)34-24-13-15-28(37-4)29(22-24)38-20-18-35-16-8-7-9-17-35;1-32-23-10-8-19(17-24(23)33-15-13-29-11-3-2-4-12-29)28-25(31)20(6-5-14-30)18-7-9-21(26)22(27)16-18/h12-15,21-22,25H,7-11,16-20H2,1-6H3,(H,34,36);7-10,16-17,20,30H,2-6,11-15H2,1H3,(H,28,31). The Bertz CT molecular complexity index is 2360. The Morgan fingerprint density at radius 1 is 0.589 bits per heavy atom. The molecule has 6 rings (SSSR count). The SMILES string of the molecule is COc1ccc(NC(=O)C(CCCO)c2ccc(Cl)c(Cl)c2)cc1OCCN1CCCCC1.COc1ccc(NC(=O)C(CCCO[Si](C)(C)C(C)(C)C)c2ccc(Cl)c(Cl)c2)cc1OCCN1CCCCC1. The van der Waals surface area contributed by atoms with Crippen LogP contribution in [-0.2, 0) is 14.0 Å². The van der Waals surface area contributed by atoms with Crippen molar-refractivity contribution >= 4 is 77.9 Å². The van der Waals surface area contributed by atoms with Crippen LogP contribution in [-0.4, -0.2) is 115 Å². The molecule has 2 aliphatic rings. The molecule has 0 aromatic heterocycles. The predicted octanol–water partition coefficient (Wildman–Crippen LogP) is 13.8. The van der Waals surface area contributed by atoms with Gasteiger partial charge in [-0.25, -0.2) is 0 Å². The Hall–Kier alpha value is -3.76. The highest BCUT2D eigenvalue weighted by molar-refractivity contribution is 6.74. The van der Waals surface area contributed by atoms with Crippen LogP contribution >= 0.6 is 46.4 Å². The van der Waals surface area contributed by atoms with Crippen LogP contribution < -0.4 is 29.6 Å². The van der Waals surface area contributed by atoms with Crippen molar-refractivity contribution in [1.82, 2.24) is 9.80 Å². The number of aliphatic hydroxyl groups is 1. The van der Waals surface area contributed by atoms with Gasteiger partial charge in [-0.3, -0.25) is 19.4 Å². The minimum Gasteiger partial charge on any atom is -0.493 e. The quantitative estimate of drug-likeness (QED) is 0.0460. The van der Waals surface area contributed by atoms with Gasteiger partial charge in [0.1, 0.15) is 13.2 Å². The lowest BCUT2D eigenvalue weighted by Gasteiger charge is -2.36. The molecular weight excluding hydrogens is 1030 g/mol. The number of hydrogen-bond donors (Lipinski definition) is 3. The monoisotopic (exact) mass is 1100 g/mol. The molecule has 2 heterocycles. The third-order valence-corrected chi connectivity index (χ3v) is 20.0. The third-order valence-electron chi connectivity index (χ3n) is 14.0. The van der Waals surface area contributed by atoms with Crippen LogP contribution in [0.5, 0.6) is 23.0 Å². The number of aliphatic hydroxyl groups excluding tert-OH is 1. The van der Waals surface area contributed by atoms with Gasteiger partial charge in [-0.05, 0) is 155 Å². The highest BCUT2D eigenvalue weighted by Gasteiger charge is 2.37. The maximum atomic E-state index is 13.6. The first-order valence-electron chi connectivity index (χ1n) is 25.8. The molecule has 17 heteroatoms. The lowest BCUT2D eigenvalue weighted by Crippen LogP contribution is -2.41. The van der Waals surface area contributed by atoms with Crippen molar-refractivity contribution in [1.29, 1.82) is 0 Å². The Kier molecular flexibility index (Phi) is 24.8. The molecule has 0 bridgehead atoms. The smallest absolute Gasteiger partial charge is 0.231 e. The summed E-state index contributed by atoms with van der Waals surface area (Å²) < 4.78 is 29.4. The van der Waals surface area contributed by atoms with E-state index in [1.54, 1.807) is 62.8 Å². The molecule has 3 N–H and O–H groups in total. The molecule has 2 fully saturated rings. The Labute approximate surface area is 455 Å². The molecule has 4 aromatic rings. The predicted molar refractivity (Wildman–Crippen MR) is 302 cm³/mol. The summed E-state index contributed by atoms with van der Waals surface area (Å²) in [6.07, 6.45) is 9.91. The molecule has 2 saturated heterocycles. The highest BCUT2D eigenvalue weighted by Crippen LogP contribution is 2.38. The zero-order valence-electron chi connectivity index (χ0n) is 43.9. The first-order valence-corrected chi connectivity index (χ1v) is 30.2. The number of methoxy groups -OCH3 is 2. The Morgan fingerprint density at radius 2 is 1.01 bits per heavy atom. The van der Waals surface area contributed by atoms with Gasteiger partial charge in [0.15, 0.2) is 31.3 Å². The van der Waals surface area contributed by atoms with Crippen LogP contribution in [0.25, 0.3) is 0 Å². The van der Waals surface area contributed by atoms with Gasteiger partial charge in [-0.2, -0.15) is 0 Å². The fourth-order valence-corrected chi connectivity index (χ4v) is 10.3. The average molecular weight is 1110 g/mol. The summed E-state index contributed by atoms with van der Waals surface area (Å²) in [5, 5.41) is 17.2. The van der Waals surface area contributed by atoms with Crippen molar-refractivity contribution in [3.8, 4) is 23.0 Å². The molecular formula is C56H78Cl4N4O8Si. The van der Waals surface area contributed by atoms with E-state index in [1.807, 2.05) is 24.3 Å². The Morgan fingerprint density at radius 3 is 1.40 bits per heavy atom. The van der Waals surface area contributed by atoms with E-state index in [4.69, 9.17) is 69.8 Å². The molecule has 0 aliphatic carbocycles. The van der Waals surface area contributed by atoms with Crippen molar-refractivity contribution in [2.45, 2.75) is 115 Å². The maximum Gasteiger partial charge on any atom is 0.231 e. The largest absolute Gasteiger partial charge is 0.493 e. The summed E-state index contributed by atoms with van der Waals surface area (Å²) >= 11 is 24.7. The van der Waals surface area contributed by atoms with Gasteiger partial charge >= 0.3 is 0 Å². The second kappa shape index (κ2) is 30.1. The van der Waals surface area contributed by atoms with E-state index in [1.165, 1.54) is 38.5 Å². The third kappa shape index (κ3) is 19.1. The average Bonchev–Trinajstić information content (AvgIpc) is 3.36. The molecule has 2 unspecified atom stereocenters. The molecule has 12 nitrogen and oxygen atoms in total. The van der Waals surface area contributed by atoms with E-state index in [0.717, 1.165) is 56.8 Å². The lowest BCUT2D eigenvalue weighted by atomic mass is 9.93. The van der Waals surface area contributed by atoms with Crippen LogP contribution in [0.3, 0.4) is 0 Å². The molecule has 0 saturated carbocycles. The van der Waals surface area contributed by atoms with Crippen molar-refractivity contribution < 1.29 is 38.1 Å². The van der Waals surface area contributed by atoms with Gasteiger partial charge in [0.25, 0.3) is 0 Å². The second-order valence-corrected chi connectivity index (χ2v) is 26.7. The lowest BCUT2D eigenvalue weighted by molar-refractivity contribution is -0.118.